The fourth-order valence-corrected chi connectivity index (χ4v) is 3.12. The molecule has 1 heteroatoms. The summed E-state index contributed by atoms with van der Waals surface area (Å²) in [5.74, 6) is 0. The van der Waals surface area contributed by atoms with Crippen molar-refractivity contribution < 1.29 is 0 Å². The normalized spacial score (nSPS) is 12.2. The molecule has 0 saturated carbocycles. The Balaban J connectivity index is 2.12. The predicted octanol–water partition coefficient (Wildman–Crippen LogP) is 6.14. The van der Waals surface area contributed by atoms with Crippen molar-refractivity contribution in [1.82, 2.24) is 0 Å². The number of nitrogens with one attached hydrogen (secondary N) is 1. The Kier molecular flexibility index (Phi) is 4.41. The van der Waals surface area contributed by atoms with Gasteiger partial charge in [0, 0.05) is 11.4 Å². The zero-order valence-electron chi connectivity index (χ0n) is 13.9. The minimum atomic E-state index is 0.198. The van der Waals surface area contributed by atoms with E-state index in [0.717, 1.165) is 11.4 Å². The molecule has 0 radical (unpaired) electrons. The molecule has 2 aromatic carbocycles. The molecular weight excluding hydrogens is 254 g/mol. The van der Waals surface area contributed by atoms with Crippen LogP contribution in [0.4, 0.5) is 11.4 Å². The number of anilines is 2. The summed E-state index contributed by atoms with van der Waals surface area (Å²) in [7, 11) is 0. The van der Waals surface area contributed by atoms with Gasteiger partial charge < -0.3 is 5.32 Å². The summed E-state index contributed by atoms with van der Waals surface area (Å²) in [4.78, 5) is 0. The summed E-state index contributed by atoms with van der Waals surface area (Å²) in [6.45, 7) is 11.6. The van der Waals surface area contributed by atoms with Crippen LogP contribution in [0.3, 0.4) is 0 Å². The molecule has 0 aliphatic carbocycles. The molecule has 0 amide bonds. The van der Waals surface area contributed by atoms with Crippen molar-refractivity contribution in [2.24, 2.45) is 5.41 Å². The molecule has 0 aromatic heterocycles. The maximum atomic E-state index is 3.43. The molecule has 112 valence electrons. The second kappa shape index (κ2) is 5.93. The summed E-state index contributed by atoms with van der Waals surface area (Å²) >= 11 is 0. The number of para-hydroxylation sites is 1. The van der Waals surface area contributed by atoms with Gasteiger partial charge in [-0.2, -0.15) is 0 Å². The molecule has 1 N–H and O–H groups in total. The molecule has 0 saturated heterocycles. The average molecular weight is 281 g/mol. The monoisotopic (exact) mass is 281 g/mol. The molecule has 0 unspecified atom stereocenters. The van der Waals surface area contributed by atoms with Gasteiger partial charge in [-0.3, -0.25) is 0 Å². The van der Waals surface area contributed by atoms with Gasteiger partial charge in [-0.15, -0.1) is 0 Å². The van der Waals surface area contributed by atoms with Crippen LogP contribution in [-0.2, 0) is 5.41 Å². The molecule has 0 aliphatic rings. The molecule has 0 bridgehead atoms. The van der Waals surface area contributed by atoms with E-state index in [2.05, 4.69) is 76.3 Å². The first kappa shape index (κ1) is 15.6. The number of benzene rings is 2. The van der Waals surface area contributed by atoms with Crippen LogP contribution in [0.15, 0.2) is 54.6 Å². The van der Waals surface area contributed by atoms with Gasteiger partial charge in [0.15, 0.2) is 0 Å². The summed E-state index contributed by atoms with van der Waals surface area (Å²) in [6.07, 6.45) is 1.17. The van der Waals surface area contributed by atoms with Crippen molar-refractivity contribution in [3.63, 3.8) is 0 Å². The Hall–Kier alpha value is -1.76. The highest BCUT2D eigenvalue weighted by atomic mass is 14.9. The molecule has 0 aliphatic heterocycles. The minimum absolute atomic E-state index is 0.198. The Morgan fingerprint density at radius 2 is 1.24 bits per heavy atom. The molecular formula is C20H27N. The molecule has 0 atom stereocenters. The number of hydrogen-bond acceptors (Lipinski definition) is 1. The third-order valence-electron chi connectivity index (χ3n) is 3.70. The van der Waals surface area contributed by atoms with E-state index in [0.29, 0.717) is 5.41 Å². The van der Waals surface area contributed by atoms with Gasteiger partial charge in [-0.05, 0) is 47.1 Å². The van der Waals surface area contributed by atoms with Crippen molar-refractivity contribution in [2.45, 2.75) is 46.5 Å². The highest BCUT2D eigenvalue weighted by Gasteiger charge is 2.26. The molecule has 2 aromatic rings. The minimum Gasteiger partial charge on any atom is -0.356 e. The largest absolute Gasteiger partial charge is 0.356 e. The first-order chi connectivity index (χ1) is 9.76. The summed E-state index contributed by atoms with van der Waals surface area (Å²) < 4.78 is 0. The van der Waals surface area contributed by atoms with Crippen LogP contribution in [-0.4, -0.2) is 0 Å². The van der Waals surface area contributed by atoms with E-state index >= 15 is 0 Å². The van der Waals surface area contributed by atoms with Gasteiger partial charge in [-0.1, -0.05) is 65.0 Å². The van der Waals surface area contributed by atoms with Crippen LogP contribution >= 0.6 is 0 Å². The third kappa shape index (κ3) is 4.63. The number of rotatable bonds is 4. The summed E-state index contributed by atoms with van der Waals surface area (Å²) in [5.41, 5.74) is 4.19. The zero-order chi connectivity index (χ0) is 15.5. The van der Waals surface area contributed by atoms with Gasteiger partial charge in [0.1, 0.15) is 0 Å². The van der Waals surface area contributed by atoms with E-state index < -0.39 is 0 Å². The van der Waals surface area contributed by atoms with Gasteiger partial charge in [0.2, 0.25) is 0 Å². The van der Waals surface area contributed by atoms with Crippen molar-refractivity contribution in [3.05, 3.63) is 60.2 Å². The van der Waals surface area contributed by atoms with E-state index in [1.54, 1.807) is 0 Å². The van der Waals surface area contributed by atoms with Gasteiger partial charge >= 0.3 is 0 Å². The Morgan fingerprint density at radius 3 is 1.76 bits per heavy atom. The van der Waals surface area contributed by atoms with Crippen molar-refractivity contribution >= 4 is 11.4 Å². The molecule has 21 heavy (non-hydrogen) atoms. The lowest BCUT2D eigenvalue weighted by molar-refractivity contribution is 0.284. The van der Waals surface area contributed by atoms with Crippen molar-refractivity contribution in [3.8, 4) is 0 Å². The second-order valence-electron chi connectivity index (χ2n) is 7.69. The second-order valence-corrected chi connectivity index (χ2v) is 7.69. The third-order valence-corrected chi connectivity index (χ3v) is 3.70. The van der Waals surface area contributed by atoms with Crippen LogP contribution < -0.4 is 5.32 Å². The molecule has 0 heterocycles. The van der Waals surface area contributed by atoms with Gasteiger partial charge in [-0.25, -0.2) is 0 Å². The van der Waals surface area contributed by atoms with Crippen molar-refractivity contribution in [1.29, 1.82) is 0 Å². The highest BCUT2D eigenvalue weighted by Crippen LogP contribution is 2.36. The standard InChI is InChI=1S/C20H27N/c1-19(2,3)15-20(4,5)16-11-13-18(14-12-16)21-17-9-7-6-8-10-17/h6-14,21H,15H2,1-5H3. The van der Waals surface area contributed by atoms with Crippen LogP contribution in [0, 0.1) is 5.41 Å². The lowest BCUT2D eigenvalue weighted by atomic mass is 9.72. The first-order valence-electron chi connectivity index (χ1n) is 7.69. The Morgan fingerprint density at radius 1 is 0.714 bits per heavy atom. The molecule has 0 spiro atoms. The van der Waals surface area contributed by atoms with Crippen LogP contribution in [0.5, 0.6) is 0 Å². The SMILES string of the molecule is CC(C)(C)CC(C)(C)c1ccc(Nc2ccccc2)cc1. The Labute approximate surface area is 129 Å². The van der Waals surface area contributed by atoms with E-state index in [-0.39, 0.29) is 5.41 Å². The summed E-state index contributed by atoms with van der Waals surface area (Å²) in [5, 5.41) is 3.43. The molecule has 2 rings (SSSR count). The van der Waals surface area contributed by atoms with Gasteiger partial charge in [0.05, 0.1) is 0 Å². The highest BCUT2D eigenvalue weighted by molar-refractivity contribution is 5.59. The average Bonchev–Trinajstić information content (AvgIpc) is 2.38. The van der Waals surface area contributed by atoms with Crippen LogP contribution in [0.25, 0.3) is 0 Å². The lowest BCUT2D eigenvalue weighted by Gasteiger charge is -2.33. The fourth-order valence-electron chi connectivity index (χ4n) is 3.12. The van der Waals surface area contributed by atoms with E-state index in [4.69, 9.17) is 0 Å². The smallest absolute Gasteiger partial charge is 0.0384 e. The molecule has 0 fully saturated rings. The lowest BCUT2D eigenvalue weighted by Crippen LogP contribution is -2.24. The maximum absolute atomic E-state index is 3.43. The fraction of sp³-hybridized carbons (Fsp3) is 0.400. The van der Waals surface area contributed by atoms with E-state index in [1.165, 1.54) is 12.0 Å². The Bertz CT molecular complexity index is 559. The van der Waals surface area contributed by atoms with Crippen molar-refractivity contribution in [2.75, 3.05) is 5.32 Å². The maximum Gasteiger partial charge on any atom is 0.0384 e. The first-order valence-corrected chi connectivity index (χ1v) is 7.69. The topological polar surface area (TPSA) is 12.0 Å². The van der Waals surface area contributed by atoms with E-state index in [9.17, 15) is 0 Å². The van der Waals surface area contributed by atoms with Crippen LogP contribution in [0.2, 0.25) is 0 Å². The van der Waals surface area contributed by atoms with E-state index in [1.807, 2.05) is 18.2 Å². The quantitative estimate of drug-likeness (QED) is 0.709. The zero-order valence-corrected chi connectivity index (χ0v) is 13.9. The van der Waals surface area contributed by atoms with Crippen LogP contribution in [0.1, 0.15) is 46.6 Å². The number of hydrogen-bond donors (Lipinski definition) is 1. The summed E-state index contributed by atoms with van der Waals surface area (Å²) in [6, 6.07) is 19.1. The predicted molar refractivity (Wildman–Crippen MR) is 93.3 cm³/mol. The molecule has 1 nitrogen and oxygen atoms in total. The van der Waals surface area contributed by atoms with Gasteiger partial charge in [0.25, 0.3) is 0 Å².